The van der Waals surface area contributed by atoms with Gasteiger partial charge in [0, 0.05) is 12.6 Å². The number of carbonyl (C=O) groups is 2. The van der Waals surface area contributed by atoms with E-state index in [9.17, 15) is 14.0 Å². The molecule has 0 saturated heterocycles. The predicted octanol–water partition coefficient (Wildman–Crippen LogP) is 2.36. The molecule has 138 valence electrons. The average Bonchev–Trinajstić information content (AvgIpc) is 2.67. The van der Waals surface area contributed by atoms with E-state index in [1.807, 2.05) is 0 Å². The van der Waals surface area contributed by atoms with Gasteiger partial charge < -0.3 is 19.5 Å². The molecule has 0 atom stereocenters. The highest BCUT2D eigenvalue weighted by Gasteiger charge is 2.16. The van der Waals surface area contributed by atoms with Gasteiger partial charge in [0.1, 0.15) is 22.9 Å². The van der Waals surface area contributed by atoms with E-state index >= 15 is 0 Å². The van der Waals surface area contributed by atoms with Crippen molar-refractivity contribution >= 4 is 11.9 Å². The fourth-order valence-corrected chi connectivity index (χ4v) is 2.26. The molecule has 26 heavy (non-hydrogen) atoms. The van der Waals surface area contributed by atoms with E-state index in [-0.39, 0.29) is 23.7 Å². The Balaban J connectivity index is 1.81. The molecular formula is C19H20FNO5. The molecular weight excluding hydrogens is 341 g/mol. The number of hydrogen-bond donors (Lipinski definition) is 1. The number of benzene rings is 2. The van der Waals surface area contributed by atoms with Crippen LogP contribution in [0.15, 0.2) is 42.5 Å². The lowest BCUT2D eigenvalue weighted by atomic mass is 10.1. The van der Waals surface area contributed by atoms with Crippen LogP contribution in [0.2, 0.25) is 0 Å². The lowest BCUT2D eigenvalue weighted by molar-refractivity contribution is -0.124. The molecule has 0 aliphatic carbocycles. The minimum Gasteiger partial charge on any atom is -0.497 e. The van der Waals surface area contributed by atoms with Gasteiger partial charge in [-0.3, -0.25) is 4.79 Å². The first-order chi connectivity index (χ1) is 12.5. The predicted molar refractivity (Wildman–Crippen MR) is 92.9 cm³/mol. The van der Waals surface area contributed by atoms with Crippen LogP contribution in [0.4, 0.5) is 4.39 Å². The maximum absolute atomic E-state index is 13.5. The fourth-order valence-electron chi connectivity index (χ4n) is 2.26. The number of nitrogens with one attached hydrogen (secondary N) is 1. The van der Waals surface area contributed by atoms with E-state index in [0.717, 1.165) is 0 Å². The van der Waals surface area contributed by atoms with Gasteiger partial charge in [-0.25, -0.2) is 9.18 Å². The summed E-state index contributed by atoms with van der Waals surface area (Å²) in [5.41, 5.74) is 0.695. The van der Waals surface area contributed by atoms with Crippen LogP contribution < -0.4 is 14.8 Å². The monoisotopic (exact) mass is 361 g/mol. The summed E-state index contributed by atoms with van der Waals surface area (Å²) >= 11 is 0. The van der Waals surface area contributed by atoms with Gasteiger partial charge >= 0.3 is 5.97 Å². The van der Waals surface area contributed by atoms with Crippen molar-refractivity contribution in [2.75, 3.05) is 27.4 Å². The van der Waals surface area contributed by atoms with E-state index in [2.05, 4.69) is 5.32 Å². The summed E-state index contributed by atoms with van der Waals surface area (Å²) in [6.07, 6.45) is 0.346. The summed E-state index contributed by atoms with van der Waals surface area (Å²) in [7, 11) is 2.92. The zero-order valence-corrected chi connectivity index (χ0v) is 14.6. The summed E-state index contributed by atoms with van der Waals surface area (Å²) in [4.78, 5) is 23.9. The van der Waals surface area contributed by atoms with Crippen LogP contribution in [-0.4, -0.2) is 39.2 Å². The second-order valence-corrected chi connectivity index (χ2v) is 5.33. The molecule has 0 spiro atoms. The Morgan fingerprint density at radius 3 is 2.54 bits per heavy atom. The van der Waals surface area contributed by atoms with E-state index in [1.54, 1.807) is 30.3 Å². The second-order valence-electron chi connectivity index (χ2n) is 5.33. The first-order valence-corrected chi connectivity index (χ1v) is 7.94. The molecule has 0 heterocycles. The number of hydrogen-bond acceptors (Lipinski definition) is 5. The van der Waals surface area contributed by atoms with Crippen molar-refractivity contribution in [1.82, 2.24) is 5.32 Å². The van der Waals surface area contributed by atoms with Crippen LogP contribution in [0.3, 0.4) is 0 Å². The molecule has 0 fully saturated rings. The number of amides is 1. The third-order valence-electron chi connectivity index (χ3n) is 3.64. The van der Waals surface area contributed by atoms with Gasteiger partial charge in [-0.1, -0.05) is 18.2 Å². The molecule has 0 unspecified atom stereocenters. The summed E-state index contributed by atoms with van der Waals surface area (Å²) in [6, 6.07) is 11.0. The SMILES string of the molecule is COc1ccc(C(=O)OCC(=O)NCCc2ccccc2F)c(OC)c1. The molecule has 6 nitrogen and oxygen atoms in total. The van der Waals surface area contributed by atoms with E-state index < -0.39 is 18.5 Å². The van der Waals surface area contributed by atoms with Crippen LogP contribution in [0.25, 0.3) is 0 Å². The smallest absolute Gasteiger partial charge is 0.342 e. The maximum Gasteiger partial charge on any atom is 0.342 e. The quantitative estimate of drug-likeness (QED) is 0.731. The van der Waals surface area contributed by atoms with E-state index in [4.69, 9.17) is 14.2 Å². The van der Waals surface area contributed by atoms with Crippen molar-refractivity contribution in [2.24, 2.45) is 0 Å². The Morgan fingerprint density at radius 2 is 1.85 bits per heavy atom. The molecule has 2 aromatic carbocycles. The first-order valence-electron chi connectivity index (χ1n) is 7.94. The minimum absolute atomic E-state index is 0.187. The largest absolute Gasteiger partial charge is 0.497 e. The van der Waals surface area contributed by atoms with Crippen molar-refractivity contribution in [3.63, 3.8) is 0 Å². The van der Waals surface area contributed by atoms with E-state index in [1.165, 1.54) is 26.4 Å². The molecule has 0 aliphatic heterocycles. The highest BCUT2D eigenvalue weighted by Crippen LogP contribution is 2.25. The number of methoxy groups -OCH3 is 2. The molecule has 7 heteroatoms. The first kappa shape index (κ1) is 19.2. The number of carbonyl (C=O) groups excluding carboxylic acids is 2. The molecule has 0 aliphatic rings. The number of esters is 1. The number of ether oxygens (including phenoxy) is 3. The summed E-state index contributed by atoms with van der Waals surface area (Å²) < 4.78 is 28.6. The molecule has 2 rings (SSSR count). The Kier molecular flexibility index (Phi) is 6.96. The van der Waals surface area contributed by atoms with Crippen molar-refractivity contribution in [3.8, 4) is 11.5 Å². The molecule has 0 saturated carbocycles. The molecule has 0 aromatic heterocycles. The lowest BCUT2D eigenvalue weighted by Crippen LogP contribution is -2.30. The standard InChI is InChI=1S/C19H20FNO5/c1-24-14-7-8-15(17(11-14)25-2)19(23)26-12-18(22)21-10-9-13-5-3-4-6-16(13)20/h3-8,11H,9-10,12H2,1-2H3,(H,21,22). The zero-order chi connectivity index (χ0) is 18.9. The molecule has 1 amide bonds. The van der Waals surface area contributed by atoms with Crippen LogP contribution in [0.5, 0.6) is 11.5 Å². The third kappa shape index (κ3) is 5.20. The topological polar surface area (TPSA) is 73.9 Å². The Morgan fingerprint density at radius 1 is 1.08 bits per heavy atom. The summed E-state index contributed by atoms with van der Waals surface area (Å²) in [5.74, 6) is -0.658. The Hall–Kier alpha value is -3.09. The van der Waals surface area contributed by atoms with Crippen LogP contribution in [0, 0.1) is 5.82 Å². The number of halogens is 1. The maximum atomic E-state index is 13.5. The van der Waals surface area contributed by atoms with Crippen molar-refractivity contribution in [3.05, 3.63) is 59.4 Å². The minimum atomic E-state index is -0.686. The van der Waals surface area contributed by atoms with Gasteiger partial charge in [0.05, 0.1) is 14.2 Å². The van der Waals surface area contributed by atoms with Crippen LogP contribution >= 0.6 is 0 Å². The summed E-state index contributed by atoms with van der Waals surface area (Å²) in [6.45, 7) is -0.200. The van der Waals surface area contributed by atoms with Crippen LogP contribution in [-0.2, 0) is 16.0 Å². The van der Waals surface area contributed by atoms with Crippen molar-refractivity contribution in [1.29, 1.82) is 0 Å². The summed E-state index contributed by atoms with van der Waals surface area (Å²) in [5, 5.41) is 2.58. The lowest BCUT2D eigenvalue weighted by Gasteiger charge is -2.10. The third-order valence-corrected chi connectivity index (χ3v) is 3.64. The Labute approximate surface area is 150 Å². The van der Waals surface area contributed by atoms with Gasteiger partial charge in [0.2, 0.25) is 0 Å². The fraction of sp³-hybridized carbons (Fsp3) is 0.263. The van der Waals surface area contributed by atoms with Gasteiger partial charge in [0.25, 0.3) is 5.91 Å². The van der Waals surface area contributed by atoms with E-state index in [0.29, 0.717) is 17.7 Å². The van der Waals surface area contributed by atoms with Crippen LogP contribution in [0.1, 0.15) is 15.9 Å². The van der Waals surface area contributed by atoms with Crippen molar-refractivity contribution in [2.45, 2.75) is 6.42 Å². The zero-order valence-electron chi connectivity index (χ0n) is 14.6. The molecule has 0 bridgehead atoms. The molecule has 0 radical (unpaired) electrons. The Bertz CT molecular complexity index is 778. The second kappa shape index (κ2) is 9.41. The number of rotatable bonds is 8. The van der Waals surface area contributed by atoms with Gasteiger partial charge in [0.15, 0.2) is 6.61 Å². The normalized spacial score (nSPS) is 10.1. The average molecular weight is 361 g/mol. The molecule has 1 N–H and O–H groups in total. The van der Waals surface area contributed by atoms with Gasteiger partial charge in [-0.2, -0.15) is 0 Å². The van der Waals surface area contributed by atoms with Gasteiger partial charge in [-0.15, -0.1) is 0 Å². The molecule has 2 aromatic rings. The highest BCUT2D eigenvalue weighted by molar-refractivity contribution is 5.94. The van der Waals surface area contributed by atoms with Gasteiger partial charge in [-0.05, 0) is 30.2 Å². The highest BCUT2D eigenvalue weighted by atomic mass is 19.1. The van der Waals surface area contributed by atoms with Crippen molar-refractivity contribution < 1.29 is 28.2 Å².